The summed E-state index contributed by atoms with van der Waals surface area (Å²) in [5.41, 5.74) is 0.657. The molecule has 0 heterocycles. The van der Waals surface area contributed by atoms with Crippen molar-refractivity contribution in [3.05, 3.63) is 83.9 Å². The highest BCUT2D eigenvalue weighted by atomic mass is 16.5. The maximum atomic E-state index is 12.5. The predicted molar refractivity (Wildman–Crippen MR) is 110 cm³/mol. The number of carbonyl (C=O) groups is 2. The molecule has 0 unspecified atom stereocenters. The monoisotopic (exact) mass is 391 g/mol. The molecule has 2 N–H and O–H groups in total. The third-order valence-corrected chi connectivity index (χ3v) is 4.06. The second-order valence-corrected chi connectivity index (χ2v) is 6.23. The summed E-state index contributed by atoms with van der Waals surface area (Å²) in [6.45, 7) is 2.62. The fourth-order valence-corrected chi connectivity index (χ4v) is 2.64. The van der Waals surface area contributed by atoms with E-state index in [4.69, 9.17) is 9.47 Å². The van der Waals surface area contributed by atoms with Crippen molar-refractivity contribution in [2.24, 2.45) is 0 Å². The minimum Gasteiger partial charge on any atom is -0.490 e. The topological polar surface area (TPSA) is 84.9 Å². The molecule has 0 spiro atoms. The van der Waals surface area contributed by atoms with Crippen LogP contribution in [0.2, 0.25) is 0 Å². The lowest BCUT2D eigenvalue weighted by Crippen LogP contribution is -2.14. The van der Waals surface area contributed by atoms with E-state index < -0.39 is 11.9 Å². The van der Waals surface area contributed by atoms with Crippen LogP contribution in [0.5, 0.6) is 17.2 Å². The minimum absolute atomic E-state index is 0.0319. The average molecular weight is 391 g/mol. The van der Waals surface area contributed by atoms with Crippen molar-refractivity contribution >= 4 is 17.6 Å². The number of carbonyl (C=O) groups excluding carboxylic acids is 1. The van der Waals surface area contributed by atoms with Gasteiger partial charge in [-0.1, -0.05) is 31.2 Å². The zero-order chi connectivity index (χ0) is 20.6. The SMILES string of the molecule is CCCOc1ccccc1Oc1ccc(C(=O)Nc2ccccc2C(=O)O)cc1. The predicted octanol–water partition coefficient (Wildman–Crippen LogP) is 5.22. The number of hydrogen-bond acceptors (Lipinski definition) is 4. The van der Waals surface area contributed by atoms with Gasteiger partial charge in [0.05, 0.1) is 17.9 Å². The number of amides is 1. The van der Waals surface area contributed by atoms with Gasteiger partial charge in [0, 0.05) is 5.56 Å². The van der Waals surface area contributed by atoms with Gasteiger partial charge in [-0.15, -0.1) is 0 Å². The molecular formula is C23H21NO5. The molecule has 148 valence electrons. The van der Waals surface area contributed by atoms with Crippen LogP contribution in [0.25, 0.3) is 0 Å². The van der Waals surface area contributed by atoms with E-state index in [1.54, 1.807) is 42.5 Å². The molecule has 0 radical (unpaired) electrons. The van der Waals surface area contributed by atoms with E-state index in [1.165, 1.54) is 6.07 Å². The van der Waals surface area contributed by atoms with Gasteiger partial charge in [-0.25, -0.2) is 4.79 Å². The number of anilines is 1. The van der Waals surface area contributed by atoms with Crippen molar-refractivity contribution in [1.29, 1.82) is 0 Å². The Bertz CT molecular complexity index is 998. The summed E-state index contributed by atoms with van der Waals surface area (Å²) in [6.07, 6.45) is 0.892. The molecule has 6 heteroatoms. The summed E-state index contributed by atoms with van der Waals surface area (Å²) in [6, 6.07) is 20.2. The van der Waals surface area contributed by atoms with Gasteiger partial charge in [0.1, 0.15) is 5.75 Å². The van der Waals surface area contributed by atoms with E-state index in [0.717, 1.165) is 6.42 Å². The molecule has 29 heavy (non-hydrogen) atoms. The molecule has 0 aliphatic carbocycles. The first-order valence-electron chi connectivity index (χ1n) is 9.22. The number of carboxylic acids is 1. The first-order valence-corrected chi connectivity index (χ1v) is 9.22. The molecule has 0 aliphatic heterocycles. The Labute approximate surface area is 168 Å². The van der Waals surface area contributed by atoms with E-state index >= 15 is 0 Å². The summed E-state index contributed by atoms with van der Waals surface area (Å²) in [5.74, 6) is 0.292. The smallest absolute Gasteiger partial charge is 0.337 e. The molecule has 0 atom stereocenters. The number of rotatable bonds is 8. The van der Waals surface area contributed by atoms with Crippen LogP contribution in [0.4, 0.5) is 5.69 Å². The summed E-state index contributed by atoms with van der Waals surface area (Å²) in [7, 11) is 0. The molecule has 3 aromatic carbocycles. The van der Waals surface area contributed by atoms with Crippen molar-refractivity contribution in [2.75, 3.05) is 11.9 Å². The van der Waals surface area contributed by atoms with Crippen LogP contribution in [-0.2, 0) is 0 Å². The molecule has 3 rings (SSSR count). The van der Waals surface area contributed by atoms with Gasteiger partial charge >= 0.3 is 5.97 Å². The summed E-state index contributed by atoms with van der Waals surface area (Å²) < 4.78 is 11.6. The van der Waals surface area contributed by atoms with Crippen molar-refractivity contribution in [1.82, 2.24) is 0 Å². The van der Waals surface area contributed by atoms with Gasteiger partial charge in [0.15, 0.2) is 11.5 Å². The Balaban J connectivity index is 1.71. The Morgan fingerprint density at radius 2 is 1.55 bits per heavy atom. The molecule has 0 aromatic heterocycles. The van der Waals surface area contributed by atoms with Gasteiger partial charge in [-0.05, 0) is 55.0 Å². The fraction of sp³-hybridized carbons (Fsp3) is 0.130. The highest BCUT2D eigenvalue weighted by Gasteiger charge is 2.13. The Kier molecular flexibility index (Phi) is 6.47. The van der Waals surface area contributed by atoms with Gasteiger partial charge in [0.2, 0.25) is 0 Å². The third kappa shape index (κ3) is 5.13. The zero-order valence-electron chi connectivity index (χ0n) is 15.9. The Hall–Kier alpha value is -3.80. The number of para-hydroxylation sites is 3. The van der Waals surface area contributed by atoms with Crippen molar-refractivity contribution in [3.8, 4) is 17.2 Å². The first-order chi connectivity index (χ1) is 14.1. The molecule has 3 aromatic rings. The number of aromatic carboxylic acids is 1. The number of ether oxygens (including phenoxy) is 2. The number of benzene rings is 3. The van der Waals surface area contributed by atoms with Gasteiger partial charge in [-0.3, -0.25) is 4.79 Å². The number of hydrogen-bond donors (Lipinski definition) is 2. The highest BCUT2D eigenvalue weighted by molar-refractivity contribution is 6.07. The molecule has 0 aliphatic rings. The lowest BCUT2D eigenvalue weighted by molar-refractivity contribution is 0.0698. The van der Waals surface area contributed by atoms with E-state index in [2.05, 4.69) is 5.32 Å². The lowest BCUT2D eigenvalue weighted by atomic mass is 10.1. The highest BCUT2D eigenvalue weighted by Crippen LogP contribution is 2.31. The average Bonchev–Trinajstić information content (AvgIpc) is 2.74. The number of nitrogens with one attached hydrogen (secondary N) is 1. The summed E-state index contributed by atoms with van der Waals surface area (Å²) in [5, 5.41) is 11.9. The minimum atomic E-state index is -1.10. The maximum absolute atomic E-state index is 12.5. The van der Waals surface area contributed by atoms with Crippen molar-refractivity contribution in [2.45, 2.75) is 13.3 Å². The molecule has 0 fully saturated rings. The van der Waals surface area contributed by atoms with Crippen LogP contribution in [-0.4, -0.2) is 23.6 Å². The fourth-order valence-electron chi connectivity index (χ4n) is 2.64. The quantitative estimate of drug-likeness (QED) is 0.550. The van der Waals surface area contributed by atoms with Gasteiger partial charge in [-0.2, -0.15) is 0 Å². The van der Waals surface area contributed by atoms with Crippen LogP contribution in [0.3, 0.4) is 0 Å². The third-order valence-electron chi connectivity index (χ3n) is 4.06. The van der Waals surface area contributed by atoms with Crippen molar-refractivity contribution in [3.63, 3.8) is 0 Å². The van der Waals surface area contributed by atoms with Crippen molar-refractivity contribution < 1.29 is 24.2 Å². The molecule has 6 nitrogen and oxygen atoms in total. The van der Waals surface area contributed by atoms with Gasteiger partial charge < -0.3 is 19.9 Å². The second-order valence-electron chi connectivity index (χ2n) is 6.23. The largest absolute Gasteiger partial charge is 0.490 e. The van der Waals surface area contributed by atoms with Gasteiger partial charge in [0.25, 0.3) is 5.91 Å². The molecule has 0 saturated heterocycles. The summed E-state index contributed by atoms with van der Waals surface area (Å²) in [4.78, 5) is 23.7. The van der Waals surface area contributed by atoms with Crippen LogP contribution in [0.15, 0.2) is 72.8 Å². The Morgan fingerprint density at radius 1 is 0.897 bits per heavy atom. The normalized spacial score (nSPS) is 10.2. The molecule has 0 saturated carbocycles. The zero-order valence-corrected chi connectivity index (χ0v) is 15.9. The van der Waals surface area contributed by atoms with E-state index in [-0.39, 0.29) is 11.3 Å². The van der Waals surface area contributed by atoms with Crippen LogP contribution in [0.1, 0.15) is 34.1 Å². The molecule has 0 bridgehead atoms. The number of carboxylic acid groups (broad SMARTS) is 1. The molecular weight excluding hydrogens is 370 g/mol. The second kappa shape index (κ2) is 9.41. The van der Waals surface area contributed by atoms with E-state index in [9.17, 15) is 14.7 Å². The van der Waals surface area contributed by atoms with Crippen LogP contribution < -0.4 is 14.8 Å². The maximum Gasteiger partial charge on any atom is 0.337 e. The van der Waals surface area contributed by atoms with E-state index in [1.807, 2.05) is 31.2 Å². The Morgan fingerprint density at radius 3 is 2.24 bits per heavy atom. The standard InChI is InChI=1S/C23H21NO5/c1-2-15-28-20-9-5-6-10-21(20)29-17-13-11-16(12-14-17)22(25)24-19-8-4-3-7-18(19)23(26)27/h3-14H,2,15H2,1H3,(H,24,25)(H,26,27). The first kappa shape index (κ1) is 19.9. The van der Waals surface area contributed by atoms with E-state index in [0.29, 0.717) is 29.4 Å². The van der Waals surface area contributed by atoms with Crippen LogP contribution >= 0.6 is 0 Å². The lowest BCUT2D eigenvalue weighted by Gasteiger charge is -2.12. The van der Waals surface area contributed by atoms with Crippen LogP contribution in [0, 0.1) is 0 Å². The molecule has 1 amide bonds. The summed E-state index contributed by atoms with van der Waals surface area (Å²) >= 11 is 0.